The van der Waals surface area contributed by atoms with Crippen LogP contribution in [0.3, 0.4) is 0 Å². The van der Waals surface area contributed by atoms with Crippen LogP contribution < -0.4 is 5.32 Å². The number of hydrogen-bond acceptors (Lipinski definition) is 4. The molecule has 2 atom stereocenters. The Balaban J connectivity index is 2.37. The third-order valence-electron chi connectivity index (χ3n) is 4.24. The molecule has 1 fully saturated rings. The average molecular weight is 357 g/mol. The van der Waals surface area contributed by atoms with Crippen LogP contribution in [0.1, 0.15) is 73.1 Å². The molecule has 0 unspecified atom stereocenters. The number of ether oxygens (including phenoxy) is 2. The van der Waals surface area contributed by atoms with E-state index in [9.17, 15) is 9.59 Å². The summed E-state index contributed by atoms with van der Waals surface area (Å²) in [5.74, 6) is 0.189. The number of hydrogen-bond donors (Lipinski definition) is 1. The van der Waals surface area contributed by atoms with Crippen LogP contribution in [-0.4, -0.2) is 54.3 Å². The molecule has 1 rings (SSSR count). The van der Waals surface area contributed by atoms with Crippen LogP contribution in [0.4, 0.5) is 4.79 Å². The van der Waals surface area contributed by atoms with Crippen molar-refractivity contribution >= 4 is 12.0 Å². The lowest BCUT2D eigenvalue weighted by Crippen LogP contribution is -2.54. The minimum Gasteiger partial charge on any atom is -0.444 e. The first-order valence-corrected chi connectivity index (χ1v) is 9.62. The molecule has 25 heavy (non-hydrogen) atoms. The van der Waals surface area contributed by atoms with Gasteiger partial charge in [0.1, 0.15) is 5.60 Å². The fourth-order valence-electron chi connectivity index (χ4n) is 2.83. The van der Waals surface area contributed by atoms with E-state index in [1.54, 1.807) is 0 Å². The Bertz CT molecular complexity index is 420. The lowest BCUT2D eigenvalue weighted by Gasteiger charge is -2.36. The topological polar surface area (TPSA) is 67.9 Å². The Morgan fingerprint density at radius 1 is 1.24 bits per heavy atom. The second-order valence-corrected chi connectivity index (χ2v) is 7.85. The van der Waals surface area contributed by atoms with Gasteiger partial charge in [0.15, 0.2) is 0 Å². The fourth-order valence-corrected chi connectivity index (χ4v) is 2.83. The van der Waals surface area contributed by atoms with E-state index in [4.69, 9.17) is 9.47 Å². The monoisotopic (exact) mass is 356 g/mol. The molecule has 2 amide bonds. The van der Waals surface area contributed by atoms with Gasteiger partial charge in [-0.05, 0) is 34.1 Å². The third kappa shape index (κ3) is 9.10. The van der Waals surface area contributed by atoms with Crippen molar-refractivity contribution in [3.05, 3.63) is 0 Å². The zero-order valence-corrected chi connectivity index (χ0v) is 16.6. The van der Waals surface area contributed by atoms with Crippen molar-refractivity contribution < 1.29 is 19.1 Å². The van der Waals surface area contributed by atoms with Crippen LogP contribution in [-0.2, 0) is 14.3 Å². The van der Waals surface area contributed by atoms with E-state index in [0.717, 1.165) is 12.8 Å². The molecule has 0 saturated carbocycles. The van der Waals surface area contributed by atoms with E-state index in [-0.39, 0.29) is 18.1 Å². The predicted molar refractivity (Wildman–Crippen MR) is 98.5 cm³/mol. The number of alkyl carbamates (subject to hydrolysis) is 1. The average Bonchev–Trinajstić information content (AvgIpc) is 2.52. The zero-order chi connectivity index (χ0) is 18.9. The number of carbonyl (C=O) groups excluding carboxylic acids is 2. The highest BCUT2D eigenvalue weighted by atomic mass is 16.6. The third-order valence-corrected chi connectivity index (χ3v) is 4.24. The lowest BCUT2D eigenvalue weighted by molar-refractivity contribution is -0.139. The summed E-state index contributed by atoms with van der Waals surface area (Å²) in [6.45, 7) is 11.2. The molecule has 1 aliphatic rings. The standard InChI is InChI=1S/C19H36N2O4/c1-6-7-8-9-10-11-17(22)21-12-13-24-16(14-21)15(2)20-18(23)25-19(3,4)5/h15-16H,6-14H2,1-5H3,(H,20,23)/t15-,16-/m1/s1. The Labute approximate surface area is 152 Å². The van der Waals surface area contributed by atoms with E-state index in [1.165, 1.54) is 19.3 Å². The van der Waals surface area contributed by atoms with Crippen molar-refractivity contribution in [3.8, 4) is 0 Å². The molecule has 0 spiro atoms. The number of nitrogens with zero attached hydrogens (tertiary/aromatic N) is 1. The minimum atomic E-state index is -0.531. The van der Waals surface area contributed by atoms with Gasteiger partial charge in [-0.1, -0.05) is 32.6 Å². The number of carbonyl (C=O) groups is 2. The molecule has 1 N–H and O–H groups in total. The molecule has 0 aromatic heterocycles. The molecular weight excluding hydrogens is 320 g/mol. The number of rotatable bonds is 8. The molecular formula is C19H36N2O4. The van der Waals surface area contributed by atoms with Gasteiger partial charge < -0.3 is 19.7 Å². The van der Waals surface area contributed by atoms with Crippen molar-refractivity contribution in [3.63, 3.8) is 0 Å². The van der Waals surface area contributed by atoms with Crippen LogP contribution in [0.2, 0.25) is 0 Å². The molecule has 0 radical (unpaired) electrons. The van der Waals surface area contributed by atoms with Gasteiger partial charge in [0.2, 0.25) is 5.91 Å². The van der Waals surface area contributed by atoms with Gasteiger partial charge in [0.25, 0.3) is 0 Å². The van der Waals surface area contributed by atoms with Crippen LogP contribution in [0.5, 0.6) is 0 Å². The summed E-state index contributed by atoms with van der Waals surface area (Å²) in [4.78, 5) is 26.1. The van der Waals surface area contributed by atoms with Gasteiger partial charge in [-0.2, -0.15) is 0 Å². The smallest absolute Gasteiger partial charge is 0.407 e. The number of amides is 2. The highest BCUT2D eigenvalue weighted by Crippen LogP contribution is 2.14. The van der Waals surface area contributed by atoms with E-state index in [0.29, 0.717) is 26.1 Å². The van der Waals surface area contributed by atoms with Gasteiger partial charge >= 0.3 is 6.09 Å². The van der Waals surface area contributed by atoms with Crippen LogP contribution in [0.15, 0.2) is 0 Å². The molecule has 0 aromatic rings. The SMILES string of the molecule is CCCCCCCC(=O)N1CCO[C@@H]([C@@H](C)NC(=O)OC(C)(C)C)C1. The van der Waals surface area contributed by atoms with E-state index in [1.807, 2.05) is 32.6 Å². The molecule has 1 saturated heterocycles. The first-order chi connectivity index (χ1) is 11.7. The first-order valence-electron chi connectivity index (χ1n) is 9.62. The normalized spacial score (nSPS) is 19.4. The minimum absolute atomic E-state index is 0.189. The summed E-state index contributed by atoms with van der Waals surface area (Å²) in [7, 11) is 0. The Hall–Kier alpha value is -1.30. The summed E-state index contributed by atoms with van der Waals surface area (Å²) < 4.78 is 11.0. The highest BCUT2D eigenvalue weighted by molar-refractivity contribution is 5.76. The number of morpholine rings is 1. The largest absolute Gasteiger partial charge is 0.444 e. The maximum Gasteiger partial charge on any atom is 0.407 e. The number of unbranched alkanes of at least 4 members (excludes halogenated alkanes) is 4. The van der Waals surface area contributed by atoms with Gasteiger partial charge in [0, 0.05) is 19.5 Å². The van der Waals surface area contributed by atoms with Gasteiger partial charge in [-0.15, -0.1) is 0 Å². The summed E-state index contributed by atoms with van der Waals surface area (Å²) in [6.07, 6.45) is 5.66. The molecule has 6 heteroatoms. The molecule has 0 aromatic carbocycles. The van der Waals surface area contributed by atoms with Gasteiger partial charge in [-0.25, -0.2) is 4.79 Å². The quantitative estimate of drug-likeness (QED) is 0.676. The lowest BCUT2D eigenvalue weighted by atomic mass is 10.1. The van der Waals surface area contributed by atoms with E-state index >= 15 is 0 Å². The Kier molecular flexibility index (Phi) is 9.25. The van der Waals surface area contributed by atoms with Crippen LogP contribution >= 0.6 is 0 Å². The maximum atomic E-state index is 12.4. The first kappa shape index (κ1) is 21.7. The molecule has 146 valence electrons. The Morgan fingerprint density at radius 2 is 1.92 bits per heavy atom. The zero-order valence-electron chi connectivity index (χ0n) is 16.6. The summed E-state index contributed by atoms with van der Waals surface area (Å²) in [5.41, 5.74) is -0.531. The van der Waals surface area contributed by atoms with Crippen molar-refractivity contribution in [2.24, 2.45) is 0 Å². The molecule has 6 nitrogen and oxygen atoms in total. The van der Waals surface area contributed by atoms with Crippen LogP contribution in [0, 0.1) is 0 Å². The molecule has 0 bridgehead atoms. The molecule has 1 heterocycles. The van der Waals surface area contributed by atoms with E-state index in [2.05, 4.69) is 12.2 Å². The highest BCUT2D eigenvalue weighted by Gasteiger charge is 2.29. The fraction of sp³-hybridized carbons (Fsp3) is 0.895. The maximum absolute atomic E-state index is 12.4. The van der Waals surface area contributed by atoms with Gasteiger partial charge in [-0.3, -0.25) is 4.79 Å². The van der Waals surface area contributed by atoms with Crippen molar-refractivity contribution in [1.29, 1.82) is 0 Å². The summed E-state index contributed by atoms with van der Waals surface area (Å²) >= 11 is 0. The summed E-state index contributed by atoms with van der Waals surface area (Å²) in [5, 5.41) is 2.81. The second-order valence-electron chi connectivity index (χ2n) is 7.85. The molecule has 1 aliphatic heterocycles. The van der Waals surface area contributed by atoms with Crippen molar-refractivity contribution in [2.75, 3.05) is 19.7 Å². The summed E-state index contributed by atoms with van der Waals surface area (Å²) in [6, 6.07) is -0.213. The van der Waals surface area contributed by atoms with E-state index < -0.39 is 11.7 Å². The van der Waals surface area contributed by atoms with Gasteiger partial charge in [0.05, 0.1) is 18.8 Å². The number of nitrogens with one attached hydrogen (secondary N) is 1. The Morgan fingerprint density at radius 3 is 2.56 bits per heavy atom. The van der Waals surface area contributed by atoms with Crippen LogP contribution in [0.25, 0.3) is 0 Å². The van der Waals surface area contributed by atoms with Crippen molar-refractivity contribution in [2.45, 2.75) is 90.9 Å². The molecule has 0 aliphatic carbocycles. The second kappa shape index (κ2) is 10.6. The predicted octanol–water partition coefficient (Wildman–Crippen LogP) is 3.49. The van der Waals surface area contributed by atoms with Crippen molar-refractivity contribution in [1.82, 2.24) is 10.2 Å².